The minimum Gasteiger partial charge on any atom is -0.490 e. The first kappa shape index (κ1) is 25.4. The highest BCUT2D eigenvalue weighted by Gasteiger charge is 2.33. The Balaban J connectivity index is 1.48. The van der Waals surface area contributed by atoms with Crippen LogP contribution in [-0.2, 0) is 9.59 Å². The second kappa shape index (κ2) is 11.4. The summed E-state index contributed by atoms with van der Waals surface area (Å²) >= 11 is 6.50. The van der Waals surface area contributed by atoms with E-state index in [1.807, 2.05) is 38.1 Å². The van der Waals surface area contributed by atoms with Gasteiger partial charge in [-0.05, 0) is 73.5 Å². The summed E-state index contributed by atoms with van der Waals surface area (Å²) in [6.07, 6.45) is 1.69. The van der Waals surface area contributed by atoms with E-state index in [1.165, 1.54) is 23.1 Å². The highest BCUT2D eigenvalue weighted by atomic mass is 32.2. The van der Waals surface area contributed by atoms with Gasteiger partial charge in [0.1, 0.15) is 5.82 Å². The summed E-state index contributed by atoms with van der Waals surface area (Å²) in [6, 6.07) is 18.4. The van der Waals surface area contributed by atoms with Gasteiger partial charge in [-0.3, -0.25) is 14.5 Å². The summed E-state index contributed by atoms with van der Waals surface area (Å²) in [5.74, 6) is -0.235. The van der Waals surface area contributed by atoms with Crippen LogP contribution in [0.3, 0.4) is 0 Å². The van der Waals surface area contributed by atoms with Crippen LogP contribution in [0.15, 0.2) is 71.6 Å². The fourth-order valence-corrected chi connectivity index (χ4v) is 4.82. The van der Waals surface area contributed by atoms with Crippen molar-refractivity contribution >= 4 is 57.6 Å². The van der Waals surface area contributed by atoms with Crippen molar-refractivity contribution in [3.8, 4) is 11.5 Å². The molecule has 0 bridgehead atoms. The van der Waals surface area contributed by atoms with Crippen LogP contribution in [0.4, 0.5) is 15.8 Å². The first-order chi connectivity index (χ1) is 17.3. The number of rotatable bonds is 8. The Labute approximate surface area is 218 Å². The first-order valence-corrected chi connectivity index (χ1v) is 12.4. The molecule has 0 aliphatic carbocycles. The number of hydrogen-bond acceptors (Lipinski definition) is 6. The zero-order valence-corrected chi connectivity index (χ0v) is 21.3. The van der Waals surface area contributed by atoms with E-state index in [0.717, 1.165) is 17.3 Å². The lowest BCUT2D eigenvalue weighted by atomic mass is 10.1. The maximum atomic E-state index is 13.7. The molecule has 1 aliphatic rings. The molecule has 184 valence electrons. The number of carbonyl (C=O) groups is 2. The van der Waals surface area contributed by atoms with Gasteiger partial charge in [0.15, 0.2) is 22.4 Å². The standard InChI is InChI=1S/C27H23FN2O4S2/c1-3-33-23-13-18(10-11-22(23)34-16-25(31)29-20-8-4-6-17(2)12-20)14-24-26(32)30(27(35)36-24)21-9-5-7-19(28)15-21/h4-15H,3,16H2,1-2H3,(H,29,31)/b24-14-. The number of halogens is 1. The van der Waals surface area contributed by atoms with E-state index in [1.54, 1.807) is 30.3 Å². The largest absolute Gasteiger partial charge is 0.490 e. The molecule has 3 aromatic carbocycles. The number of carbonyl (C=O) groups excluding carboxylic acids is 2. The molecular weight excluding hydrogens is 499 g/mol. The monoisotopic (exact) mass is 522 g/mol. The number of nitrogens with one attached hydrogen (secondary N) is 1. The van der Waals surface area contributed by atoms with Crippen LogP contribution in [0, 0.1) is 12.7 Å². The van der Waals surface area contributed by atoms with E-state index in [-0.39, 0.29) is 18.4 Å². The Morgan fingerprint density at radius 3 is 2.64 bits per heavy atom. The van der Waals surface area contributed by atoms with E-state index in [4.69, 9.17) is 21.7 Å². The summed E-state index contributed by atoms with van der Waals surface area (Å²) < 4.78 is 25.4. The van der Waals surface area contributed by atoms with Gasteiger partial charge in [0.2, 0.25) is 0 Å². The Morgan fingerprint density at radius 2 is 1.89 bits per heavy atom. The molecule has 3 aromatic rings. The number of thioether (sulfide) groups is 1. The van der Waals surface area contributed by atoms with Crippen LogP contribution in [0.1, 0.15) is 18.1 Å². The van der Waals surface area contributed by atoms with Crippen LogP contribution in [0.25, 0.3) is 6.08 Å². The molecule has 0 saturated carbocycles. The second-order valence-electron chi connectivity index (χ2n) is 7.84. The molecule has 2 amide bonds. The average Bonchev–Trinajstić information content (AvgIpc) is 3.11. The van der Waals surface area contributed by atoms with Gasteiger partial charge in [-0.15, -0.1) is 0 Å². The van der Waals surface area contributed by atoms with Gasteiger partial charge in [-0.25, -0.2) is 4.39 Å². The number of ether oxygens (including phenoxy) is 2. The summed E-state index contributed by atoms with van der Waals surface area (Å²) in [7, 11) is 0. The van der Waals surface area contributed by atoms with Gasteiger partial charge in [0.05, 0.1) is 17.2 Å². The minimum atomic E-state index is -0.449. The first-order valence-electron chi connectivity index (χ1n) is 11.1. The maximum Gasteiger partial charge on any atom is 0.270 e. The predicted molar refractivity (Wildman–Crippen MR) is 145 cm³/mol. The van der Waals surface area contributed by atoms with E-state index in [0.29, 0.717) is 44.3 Å². The highest BCUT2D eigenvalue weighted by molar-refractivity contribution is 8.27. The Kier molecular flexibility index (Phi) is 8.02. The fourth-order valence-electron chi connectivity index (χ4n) is 3.52. The third-order valence-corrected chi connectivity index (χ3v) is 6.39. The van der Waals surface area contributed by atoms with E-state index in [9.17, 15) is 14.0 Å². The smallest absolute Gasteiger partial charge is 0.270 e. The van der Waals surface area contributed by atoms with Crippen molar-refractivity contribution in [2.24, 2.45) is 0 Å². The van der Waals surface area contributed by atoms with Crippen LogP contribution in [0.5, 0.6) is 11.5 Å². The number of aryl methyl sites for hydroxylation is 1. The Hall–Kier alpha value is -3.69. The van der Waals surface area contributed by atoms with Crippen LogP contribution < -0.4 is 19.7 Å². The number of hydrogen-bond donors (Lipinski definition) is 1. The molecule has 1 heterocycles. The van der Waals surface area contributed by atoms with Crippen molar-refractivity contribution in [1.29, 1.82) is 0 Å². The molecule has 0 unspecified atom stereocenters. The second-order valence-corrected chi connectivity index (χ2v) is 9.52. The molecule has 4 rings (SSSR count). The minimum absolute atomic E-state index is 0.195. The zero-order chi connectivity index (χ0) is 25.7. The zero-order valence-electron chi connectivity index (χ0n) is 19.6. The Morgan fingerprint density at radius 1 is 1.08 bits per heavy atom. The molecule has 1 saturated heterocycles. The molecule has 0 radical (unpaired) electrons. The summed E-state index contributed by atoms with van der Waals surface area (Å²) in [5.41, 5.74) is 2.80. The van der Waals surface area contributed by atoms with Crippen molar-refractivity contribution in [1.82, 2.24) is 0 Å². The lowest BCUT2D eigenvalue weighted by Crippen LogP contribution is -2.27. The van der Waals surface area contributed by atoms with Gasteiger partial charge >= 0.3 is 0 Å². The number of benzene rings is 3. The molecular formula is C27H23FN2O4S2. The van der Waals surface area contributed by atoms with Crippen molar-refractivity contribution in [2.45, 2.75) is 13.8 Å². The SMILES string of the molecule is CCOc1cc(/C=C2\SC(=S)N(c3cccc(F)c3)C2=O)ccc1OCC(=O)Nc1cccc(C)c1. The van der Waals surface area contributed by atoms with Crippen molar-refractivity contribution in [2.75, 3.05) is 23.4 Å². The molecule has 1 N–H and O–H groups in total. The van der Waals surface area contributed by atoms with E-state index < -0.39 is 5.82 Å². The van der Waals surface area contributed by atoms with Crippen LogP contribution in [-0.4, -0.2) is 29.3 Å². The van der Waals surface area contributed by atoms with Crippen molar-refractivity contribution in [3.05, 3.63) is 88.6 Å². The molecule has 36 heavy (non-hydrogen) atoms. The third-order valence-electron chi connectivity index (χ3n) is 5.09. The maximum absolute atomic E-state index is 13.7. The van der Waals surface area contributed by atoms with Crippen LogP contribution in [0.2, 0.25) is 0 Å². The molecule has 6 nitrogen and oxygen atoms in total. The average molecular weight is 523 g/mol. The normalized spacial score (nSPS) is 14.3. The van der Waals surface area contributed by atoms with Gasteiger partial charge in [-0.2, -0.15) is 0 Å². The molecule has 0 atom stereocenters. The summed E-state index contributed by atoms with van der Waals surface area (Å²) in [4.78, 5) is 27.0. The van der Waals surface area contributed by atoms with Crippen molar-refractivity contribution < 1.29 is 23.5 Å². The van der Waals surface area contributed by atoms with Crippen molar-refractivity contribution in [3.63, 3.8) is 0 Å². The summed E-state index contributed by atoms with van der Waals surface area (Å²) in [5, 5.41) is 2.80. The topological polar surface area (TPSA) is 67.9 Å². The predicted octanol–water partition coefficient (Wildman–Crippen LogP) is 5.96. The van der Waals surface area contributed by atoms with Crippen LogP contribution >= 0.6 is 24.0 Å². The number of thiocarbonyl (C=S) groups is 1. The molecule has 0 spiro atoms. The lowest BCUT2D eigenvalue weighted by Gasteiger charge is -2.14. The van der Waals surface area contributed by atoms with E-state index >= 15 is 0 Å². The Bertz CT molecular complexity index is 1360. The number of anilines is 2. The number of amides is 2. The quantitative estimate of drug-likeness (QED) is 0.291. The van der Waals surface area contributed by atoms with Gasteiger partial charge < -0.3 is 14.8 Å². The van der Waals surface area contributed by atoms with E-state index in [2.05, 4.69) is 5.32 Å². The lowest BCUT2D eigenvalue weighted by molar-refractivity contribution is -0.118. The number of nitrogens with zero attached hydrogens (tertiary/aromatic N) is 1. The fraction of sp³-hybridized carbons (Fsp3) is 0.148. The molecule has 9 heteroatoms. The third kappa shape index (κ3) is 6.10. The van der Waals surface area contributed by atoms with Gasteiger partial charge in [-0.1, -0.05) is 48.2 Å². The highest BCUT2D eigenvalue weighted by Crippen LogP contribution is 2.37. The summed E-state index contributed by atoms with van der Waals surface area (Å²) in [6.45, 7) is 3.98. The molecule has 1 fully saturated rings. The molecule has 0 aromatic heterocycles. The van der Waals surface area contributed by atoms with Gasteiger partial charge in [0, 0.05) is 5.69 Å². The van der Waals surface area contributed by atoms with Gasteiger partial charge in [0.25, 0.3) is 11.8 Å². The molecule has 1 aliphatic heterocycles.